The Balaban J connectivity index is 3.98. The van der Waals surface area contributed by atoms with E-state index in [9.17, 15) is 0 Å². The second-order valence-electron chi connectivity index (χ2n) is 1.08. The van der Waals surface area contributed by atoms with E-state index in [-0.39, 0.29) is 0 Å². The van der Waals surface area contributed by atoms with Crippen LogP contribution >= 0.6 is 22.9 Å². The van der Waals surface area contributed by atoms with Crippen molar-refractivity contribution in [3.8, 4) is 6.07 Å². The minimum Gasteiger partial charge on any atom is -0.222 e. The van der Waals surface area contributed by atoms with E-state index < -0.39 is 0 Å². The molecule has 0 radical (unpaired) electrons. The van der Waals surface area contributed by atoms with Gasteiger partial charge in [-0.25, -0.2) is 3.21 Å². The topological polar surface area (TPSA) is 36.1 Å². The normalized spacial score (nSPS) is 11.9. The molecule has 0 aromatic rings. The summed E-state index contributed by atoms with van der Waals surface area (Å²) in [7, 11) is 0. The van der Waals surface area contributed by atoms with Crippen LogP contribution in [0.15, 0.2) is 14.9 Å². The largest absolute Gasteiger partial charge is 0.222 e. The van der Waals surface area contributed by atoms with Crippen molar-refractivity contribution in [3.63, 3.8) is 0 Å². The van der Waals surface area contributed by atoms with Crippen molar-refractivity contribution in [2.45, 2.75) is 6.92 Å². The lowest BCUT2D eigenvalue weighted by Gasteiger charge is -1.76. The van der Waals surface area contributed by atoms with Gasteiger partial charge in [0.15, 0.2) is 0 Å². The molecule has 0 unspecified atom stereocenters. The second-order valence-corrected chi connectivity index (χ2v) is 1.64. The van der Waals surface area contributed by atoms with Crippen molar-refractivity contribution in [2.24, 2.45) is 3.21 Å². The van der Waals surface area contributed by atoms with Gasteiger partial charge in [0.25, 0.3) is 0 Å². The summed E-state index contributed by atoms with van der Waals surface area (Å²) >= 11 is 1.83. The highest BCUT2D eigenvalue weighted by Gasteiger charge is 1.81. The minimum atomic E-state index is 0.597. The summed E-state index contributed by atoms with van der Waals surface area (Å²) in [6, 6.07) is 1.96. The van der Waals surface area contributed by atoms with E-state index in [0.29, 0.717) is 5.57 Å². The zero-order valence-corrected chi connectivity index (χ0v) is 6.58. The van der Waals surface area contributed by atoms with Crippen LogP contribution < -0.4 is 0 Å². The first kappa shape index (κ1) is 7.63. The molecule has 3 heteroatoms. The molecule has 0 heterocycles. The van der Waals surface area contributed by atoms with Gasteiger partial charge in [-0.1, -0.05) is 6.08 Å². The molecular formula is C5H5IN2. The Bertz CT molecular complexity index is 152. The molecular weight excluding hydrogens is 215 g/mol. The third kappa shape index (κ3) is 2.75. The third-order valence-electron chi connectivity index (χ3n) is 0.628. The molecule has 0 fully saturated rings. The summed E-state index contributed by atoms with van der Waals surface area (Å²) in [4.78, 5) is 0. The van der Waals surface area contributed by atoms with Crippen LogP contribution in [0.5, 0.6) is 0 Å². The molecule has 0 aromatic heterocycles. The first-order chi connectivity index (χ1) is 3.85. The standard InChI is InChI=1S/C5H5IN2/c1-2-5(3-7)4-8-6/h2,4H,1H3/b5-2-,8-4-. The van der Waals surface area contributed by atoms with E-state index in [1.165, 1.54) is 6.21 Å². The van der Waals surface area contributed by atoms with Gasteiger partial charge in [0.05, 0.1) is 34.7 Å². The van der Waals surface area contributed by atoms with Gasteiger partial charge in [0.2, 0.25) is 0 Å². The lowest BCUT2D eigenvalue weighted by Crippen LogP contribution is -1.74. The van der Waals surface area contributed by atoms with Crippen LogP contribution in [-0.2, 0) is 0 Å². The molecule has 0 aliphatic carbocycles. The van der Waals surface area contributed by atoms with E-state index in [0.717, 1.165) is 0 Å². The van der Waals surface area contributed by atoms with Crippen LogP contribution in [0.3, 0.4) is 0 Å². The zero-order chi connectivity index (χ0) is 6.41. The maximum absolute atomic E-state index is 8.24. The molecule has 8 heavy (non-hydrogen) atoms. The van der Waals surface area contributed by atoms with Crippen molar-refractivity contribution in [1.29, 1.82) is 5.26 Å². The van der Waals surface area contributed by atoms with Crippen LogP contribution in [-0.4, -0.2) is 6.21 Å². The number of halogens is 1. The lowest BCUT2D eigenvalue weighted by atomic mass is 10.3. The fourth-order valence-corrected chi connectivity index (χ4v) is 0.521. The first-order valence-corrected chi connectivity index (χ1v) is 3.02. The highest BCUT2D eigenvalue weighted by molar-refractivity contribution is 14.1. The van der Waals surface area contributed by atoms with Gasteiger partial charge in [-0.15, -0.1) is 0 Å². The summed E-state index contributed by atoms with van der Waals surface area (Å²) in [5, 5.41) is 8.24. The Kier molecular flexibility index (Phi) is 4.56. The average molecular weight is 220 g/mol. The van der Waals surface area contributed by atoms with Crippen molar-refractivity contribution in [2.75, 3.05) is 0 Å². The van der Waals surface area contributed by atoms with Crippen molar-refractivity contribution < 1.29 is 0 Å². The van der Waals surface area contributed by atoms with Crippen molar-refractivity contribution in [3.05, 3.63) is 11.6 Å². The van der Waals surface area contributed by atoms with Gasteiger partial charge in [0.1, 0.15) is 6.07 Å². The summed E-state index contributed by atoms with van der Waals surface area (Å²) in [6.45, 7) is 1.80. The van der Waals surface area contributed by atoms with Gasteiger partial charge in [0, 0.05) is 0 Å². The fraction of sp³-hybridized carbons (Fsp3) is 0.200. The van der Waals surface area contributed by atoms with Crippen LogP contribution in [0.1, 0.15) is 6.92 Å². The van der Waals surface area contributed by atoms with Gasteiger partial charge in [-0.05, 0) is 6.92 Å². The number of nitrogens with zero attached hydrogens (tertiary/aromatic N) is 2. The number of hydrogen-bond donors (Lipinski definition) is 0. The SMILES string of the molecule is C/C=C(C#N)\C=N/I. The number of nitriles is 1. The lowest BCUT2D eigenvalue weighted by molar-refractivity contribution is 1.51. The summed E-state index contributed by atoms with van der Waals surface area (Å²) in [5.74, 6) is 0. The first-order valence-electron chi connectivity index (χ1n) is 2.06. The van der Waals surface area contributed by atoms with Crippen LogP contribution in [0, 0.1) is 11.3 Å². The summed E-state index contributed by atoms with van der Waals surface area (Å²) < 4.78 is 3.63. The number of allylic oxidation sites excluding steroid dienone is 2. The van der Waals surface area contributed by atoms with Crippen molar-refractivity contribution >= 4 is 29.1 Å². The Hall–Kier alpha value is -0.370. The molecule has 42 valence electrons. The van der Waals surface area contributed by atoms with Gasteiger partial charge < -0.3 is 0 Å². The Morgan fingerprint density at radius 3 is 2.62 bits per heavy atom. The van der Waals surface area contributed by atoms with E-state index in [1.807, 2.05) is 28.9 Å². The highest BCUT2D eigenvalue weighted by atomic mass is 127. The molecule has 0 N–H and O–H groups in total. The fourth-order valence-electron chi connectivity index (χ4n) is 0.221. The smallest absolute Gasteiger partial charge is 0.100 e. The second kappa shape index (κ2) is 4.78. The Morgan fingerprint density at radius 2 is 2.50 bits per heavy atom. The van der Waals surface area contributed by atoms with Crippen LogP contribution in [0.4, 0.5) is 0 Å². The molecule has 0 bridgehead atoms. The van der Waals surface area contributed by atoms with Crippen molar-refractivity contribution in [1.82, 2.24) is 0 Å². The molecule has 0 saturated heterocycles. The van der Waals surface area contributed by atoms with Crippen LogP contribution in [0.25, 0.3) is 0 Å². The maximum atomic E-state index is 8.24. The maximum Gasteiger partial charge on any atom is 0.100 e. The number of rotatable bonds is 1. The molecule has 0 aromatic carbocycles. The molecule has 0 aliphatic heterocycles. The molecule has 0 aliphatic rings. The molecule has 2 nitrogen and oxygen atoms in total. The Morgan fingerprint density at radius 1 is 1.88 bits per heavy atom. The average Bonchev–Trinajstić information content (AvgIpc) is 1.83. The predicted octanol–water partition coefficient (Wildman–Crippen LogP) is 1.88. The summed E-state index contributed by atoms with van der Waals surface area (Å²) in [6.07, 6.45) is 3.22. The molecule has 0 rings (SSSR count). The van der Waals surface area contributed by atoms with E-state index in [2.05, 4.69) is 3.21 Å². The molecule has 0 amide bonds. The molecule has 0 saturated carbocycles. The molecule has 0 atom stereocenters. The van der Waals surface area contributed by atoms with Gasteiger partial charge in [-0.3, -0.25) is 0 Å². The van der Waals surface area contributed by atoms with E-state index in [4.69, 9.17) is 5.26 Å². The molecule has 0 spiro atoms. The van der Waals surface area contributed by atoms with Gasteiger partial charge in [-0.2, -0.15) is 5.26 Å². The van der Waals surface area contributed by atoms with E-state index >= 15 is 0 Å². The highest BCUT2D eigenvalue weighted by Crippen LogP contribution is 1.88. The van der Waals surface area contributed by atoms with Gasteiger partial charge >= 0.3 is 0 Å². The summed E-state index contributed by atoms with van der Waals surface area (Å²) in [5.41, 5.74) is 0.597. The quantitative estimate of drug-likeness (QED) is 0.377. The van der Waals surface area contributed by atoms with E-state index in [1.54, 1.807) is 13.0 Å². The third-order valence-corrected chi connectivity index (χ3v) is 0.907. The predicted molar refractivity (Wildman–Crippen MR) is 41.9 cm³/mol. The van der Waals surface area contributed by atoms with Crippen LogP contribution in [0.2, 0.25) is 0 Å². The zero-order valence-electron chi connectivity index (χ0n) is 4.43. The number of hydrogen-bond acceptors (Lipinski definition) is 2. The monoisotopic (exact) mass is 220 g/mol. The Labute approximate surface area is 62.4 Å². The minimum absolute atomic E-state index is 0.597.